The second-order valence-electron chi connectivity index (χ2n) is 5.72. The van der Waals surface area contributed by atoms with Gasteiger partial charge in [-0.25, -0.2) is 13.1 Å². The van der Waals surface area contributed by atoms with Crippen molar-refractivity contribution in [3.63, 3.8) is 0 Å². The summed E-state index contributed by atoms with van der Waals surface area (Å²) in [5.74, 6) is 0.679. The molecule has 0 amide bonds. The molecule has 0 saturated carbocycles. The van der Waals surface area contributed by atoms with Crippen molar-refractivity contribution in [1.82, 2.24) is 15.4 Å². The first-order chi connectivity index (χ1) is 13.0. The van der Waals surface area contributed by atoms with Gasteiger partial charge in [-0.05, 0) is 35.6 Å². The van der Waals surface area contributed by atoms with Crippen LogP contribution in [-0.4, -0.2) is 48.2 Å². The number of methoxy groups -OCH3 is 1. The summed E-state index contributed by atoms with van der Waals surface area (Å²) in [7, 11) is -0.302. The lowest BCUT2D eigenvalue weighted by atomic mass is 10.2. The van der Waals surface area contributed by atoms with Crippen LogP contribution in [0.15, 0.2) is 51.7 Å². The summed E-state index contributed by atoms with van der Waals surface area (Å²) in [6.45, 7) is 1.81. The molecular formula is C18H27IN4O3S2. The molecule has 0 saturated heterocycles. The average molecular weight is 538 g/mol. The monoisotopic (exact) mass is 538 g/mol. The third-order valence-electron chi connectivity index (χ3n) is 3.73. The first-order valence-electron chi connectivity index (χ1n) is 8.59. The number of nitrogens with zero attached hydrogens (tertiary/aromatic N) is 1. The lowest BCUT2D eigenvalue weighted by molar-refractivity contribution is 0.204. The molecular weight excluding hydrogens is 511 g/mol. The van der Waals surface area contributed by atoms with Gasteiger partial charge in [0.25, 0.3) is 0 Å². The number of thiophene rings is 1. The molecule has 0 fully saturated rings. The van der Waals surface area contributed by atoms with Crippen molar-refractivity contribution in [2.45, 2.75) is 17.9 Å². The smallest absolute Gasteiger partial charge is 0.240 e. The fourth-order valence-corrected chi connectivity index (χ4v) is 4.14. The molecule has 0 atom stereocenters. The maximum absolute atomic E-state index is 12.3. The van der Waals surface area contributed by atoms with E-state index in [4.69, 9.17) is 4.74 Å². The first-order valence-corrected chi connectivity index (χ1v) is 11.0. The largest absolute Gasteiger partial charge is 0.383 e. The molecule has 2 aromatic rings. The number of benzene rings is 1. The molecule has 0 aliphatic rings. The molecule has 3 N–H and O–H groups in total. The Labute approximate surface area is 188 Å². The van der Waals surface area contributed by atoms with Gasteiger partial charge in [0.1, 0.15) is 0 Å². The standard InChI is InChI=1S/C18H26N4O3S2.HI/c1-19-18(20-9-8-16-6-4-12-26-16)21-14-15-5-3-7-17(13-15)27(23,24)22-10-11-25-2;/h3-7,12-13,22H,8-11,14H2,1-2H3,(H2,19,20,21);1H. The number of hydrogen-bond acceptors (Lipinski definition) is 5. The molecule has 2 rings (SSSR count). The highest BCUT2D eigenvalue weighted by Gasteiger charge is 2.13. The highest BCUT2D eigenvalue weighted by atomic mass is 127. The SMILES string of the molecule is CN=C(NCCc1cccs1)NCc1cccc(S(=O)(=O)NCCOC)c1.I. The summed E-state index contributed by atoms with van der Waals surface area (Å²) in [4.78, 5) is 5.75. The maximum atomic E-state index is 12.3. The predicted octanol–water partition coefficient (Wildman–Crippen LogP) is 2.20. The molecule has 28 heavy (non-hydrogen) atoms. The summed E-state index contributed by atoms with van der Waals surface area (Å²) in [5.41, 5.74) is 0.853. The Hall–Kier alpha value is -1.21. The van der Waals surface area contributed by atoms with E-state index in [0.717, 1.165) is 18.5 Å². The van der Waals surface area contributed by atoms with Crippen molar-refractivity contribution in [2.75, 3.05) is 33.9 Å². The Kier molecular flexibility index (Phi) is 11.6. The predicted molar refractivity (Wildman–Crippen MR) is 125 cm³/mol. The van der Waals surface area contributed by atoms with Crippen LogP contribution in [0.25, 0.3) is 0 Å². The highest BCUT2D eigenvalue weighted by Crippen LogP contribution is 2.11. The van der Waals surface area contributed by atoms with Gasteiger partial charge < -0.3 is 15.4 Å². The van der Waals surface area contributed by atoms with E-state index in [0.29, 0.717) is 19.1 Å². The van der Waals surface area contributed by atoms with E-state index in [2.05, 4.69) is 31.8 Å². The number of ether oxygens (including phenoxy) is 1. The van der Waals surface area contributed by atoms with Gasteiger partial charge in [0.15, 0.2) is 5.96 Å². The molecule has 0 radical (unpaired) electrons. The van der Waals surface area contributed by atoms with Crippen molar-refractivity contribution in [2.24, 2.45) is 4.99 Å². The number of sulfonamides is 1. The third kappa shape index (κ3) is 8.43. The topological polar surface area (TPSA) is 91.8 Å². The zero-order valence-electron chi connectivity index (χ0n) is 16.0. The number of aliphatic imine (C=N–C) groups is 1. The number of guanidine groups is 1. The Morgan fingerprint density at radius 3 is 2.68 bits per heavy atom. The zero-order valence-corrected chi connectivity index (χ0v) is 19.9. The summed E-state index contributed by atoms with van der Waals surface area (Å²) in [6.07, 6.45) is 0.930. The van der Waals surface area contributed by atoms with E-state index in [1.54, 1.807) is 36.6 Å². The van der Waals surface area contributed by atoms with Crippen LogP contribution in [0.1, 0.15) is 10.4 Å². The Bertz CT molecular complexity index is 827. The van der Waals surface area contributed by atoms with Gasteiger partial charge in [0.2, 0.25) is 10.0 Å². The second kappa shape index (κ2) is 13.1. The lowest BCUT2D eigenvalue weighted by Crippen LogP contribution is -2.37. The maximum Gasteiger partial charge on any atom is 0.240 e. The molecule has 10 heteroatoms. The quantitative estimate of drug-likeness (QED) is 0.187. The van der Waals surface area contributed by atoms with Gasteiger partial charge >= 0.3 is 0 Å². The van der Waals surface area contributed by atoms with Crippen LogP contribution >= 0.6 is 35.3 Å². The Morgan fingerprint density at radius 2 is 2.00 bits per heavy atom. The van der Waals surface area contributed by atoms with Crippen molar-refractivity contribution in [1.29, 1.82) is 0 Å². The second-order valence-corrected chi connectivity index (χ2v) is 8.52. The minimum atomic E-state index is -3.54. The van der Waals surface area contributed by atoms with Crippen LogP contribution in [0, 0.1) is 0 Å². The van der Waals surface area contributed by atoms with Gasteiger partial charge in [0, 0.05) is 38.7 Å². The normalized spacial score (nSPS) is 11.7. The number of rotatable bonds is 10. The summed E-state index contributed by atoms with van der Waals surface area (Å²) in [6, 6.07) is 11.0. The third-order valence-corrected chi connectivity index (χ3v) is 6.13. The summed E-state index contributed by atoms with van der Waals surface area (Å²) in [5, 5.41) is 8.53. The van der Waals surface area contributed by atoms with Gasteiger partial charge in [-0.2, -0.15) is 0 Å². The van der Waals surface area contributed by atoms with E-state index >= 15 is 0 Å². The van der Waals surface area contributed by atoms with Crippen molar-refractivity contribution in [3.8, 4) is 0 Å². The van der Waals surface area contributed by atoms with E-state index in [1.807, 2.05) is 12.1 Å². The van der Waals surface area contributed by atoms with Crippen LogP contribution in [-0.2, 0) is 27.7 Å². The first kappa shape index (κ1) is 24.8. The number of nitrogens with one attached hydrogen (secondary N) is 3. The molecule has 1 heterocycles. The molecule has 1 aromatic carbocycles. The molecule has 7 nitrogen and oxygen atoms in total. The number of halogens is 1. The van der Waals surface area contributed by atoms with Gasteiger partial charge in [0.05, 0.1) is 11.5 Å². The minimum Gasteiger partial charge on any atom is -0.383 e. The Balaban J connectivity index is 0.00000392. The van der Waals surface area contributed by atoms with Gasteiger partial charge in [-0.15, -0.1) is 35.3 Å². The average Bonchev–Trinajstić information content (AvgIpc) is 3.18. The van der Waals surface area contributed by atoms with Crippen molar-refractivity contribution < 1.29 is 13.2 Å². The van der Waals surface area contributed by atoms with Crippen LogP contribution in [0.4, 0.5) is 0 Å². The van der Waals surface area contributed by atoms with Gasteiger partial charge in [-0.3, -0.25) is 4.99 Å². The highest BCUT2D eigenvalue weighted by molar-refractivity contribution is 14.0. The molecule has 0 spiro atoms. The van der Waals surface area contributed by atoms with Gasteiger partial charge in [-0.1, -0.05) is 18.2 Å². The van der Waals surface area contributed by atoms with Crippen molar-refractivity contribution in [3.05, 3.63) is 52.2 Å². The van der Waals surface area contributed by atoms with Crippen LogP contribution in [0.5, 0.6) is 0 Å². The fourth-order valence-electron chi connectivity index (χ4n) is 2.35. The number of hydrogen-bond donors (Lipinski definition) is 3. The molecule has 0 aliphatic heterocycles. The van der Waals surface area contributed by atoms with E-state index in [1.165, 1.54) is 12.0 Å². The van der Waals surface area contributed by atoms with E-state index in [9.17, 15) is 8.42 Å². The van der Waals surface area contributed by atoms with Crippen LogP contribution in [0.3, 0.4) is 0 Å². The molecule has 156 valence electrons. The fraction of sp³-hybridized carbons (Fsp3) is 0.389. The summed E-state index contributed by atoms with van der Waals surface area (Å²) >= 11 is 1.73. The van der Waals surface area contributed by atoms with E-state index in [-0.39, 0.29) is 35.4 Å². The zero-order chi connectivity index (χ0) is 19.5. The van der Waals surface area contributed by atoms with Crippen LogP contribution < -0.4 is 15.4 Å². The summed E-state index contributed by atoms with van der Waals surface area (Å²) < 4.78 is 32.0. The van der Waals surface area contributed by atoms with Crippen molar-refractivity contribution >= 4 is 51.3 Å². The molecule has 0 bridgehead atoms. The molecule has 0 aliphatic carbocycles. The Morgan fingerprint density at radius 1 is 1.18 bits per heavy atom. The molecule has 0 unspecified atom stereocenters. The van der Waals surface area contributed by atoms with Crippen LogP contribution in [0.2, 0.25) is 0 Å². The lowest BCUT2D eigenvalue weighted by Gasteiger charge is -2.12. The minimum absolute atomic E-state index is 0. The van der Waals surface area contributed by atoms with E-state index < -0.39 is 10.0 Å². The molecule has 1 aromatic heterocycles.